The highest BCUT2D eigenvalue weighted by Crippen LogP contribution is 2.44. The maximum Gasteiger partial charge on any atom is 0.221 e. The number of thiazole rings is 1. The van der Waals surface area contributed by atoms with Crippen LogP contribution >= 0.6 is 34.3 Å². The van der Waals surface area contributed by atoms with Crippen molar-refractivity contribution in [3.63, 3.8) is 0 Å². The standard InChI is InChI=1S/C16H14ClN3OS2/c1-8(21)19-15-14(10-4-5-18-7-13(10)23-15)16-20-11-6-9(17)2-3-12(11)22-16/h2-3,6,18H,4-5,7H2,1H3,(H,19,21)/p+1. The SMILES string of the molecule is CC(=O)Nc1sc2c(c1-c1nc3cc(Cl)ccc3s1)CC[NH2+]C2. The zero-order valence-electron chi connectivity index (χ0n) is 12.5. The molecule has 1 aromatic carbocycles. The van der Waals surface area contributed by atoms with Crippen LogP contribution in [0.3, 0.4) is 0 Å². The summed E-state index contributed by atoms with van der Waals surface area (Å²) in [4.78, 5) is 17.7. The number of amides is 1. The van der Waals surface area contributed by atoms with E-state index in [9.17, 15) is 4.79 Å². The van der Waals surface area contributed by atoms with E-state index in [-0.39, 0.29) is 5.91 Å². The first-order valence-corrected chi connectivity index (χ1v) is 9.43. The molecule has 4 rings (SSSR count). The molecule has 0 aliphatic carbocycles. The highest BCUT2D eigenvalue weighted by atomic mass is 35.5. The normalized spacial score (nSPS) is 14.0. The second-order valence-electron chi connectivity index (χ2n) is 5.55. The molecule has 0 radical (unpaired) electrons. The Bertz CT molecular complexity index is 916. The number of rotatable bonds is 2. The van der Waals surface area contributed by atoms with Gasteiger partial charge in [-0.3, -0.25) is 4.79 Å². The van der Waals surface area contributed by atoms with Crippen molar-refractivity contribution in [3.05, 3.63) is 33.7 Å². The van der Waals surface area contributed by atoms with Crippen LogP contribution in [0.4, 0.5) is 5.00 Å². The van der Waals surface area contributed by atoms with Gasteiger partial charge in [0.1, 0.15) is 16.6 Å². The second-order valence-corrected chi connectivity index (χ2v) is 8.12. The van der Waals surface area contributed by atoms with Crippen LogP contribution in [0, 0.1) is 0 Å². The lowest BCUT2D eigenvalue weighted by Crippen LogP contribution is -2.84. The third kappa shape index (κ3) is 2.76. The lowest BCUT2D eigenvalue weighted by Gasteiger charge is -2.10. The largest absolute Gasteiger partial charge is 0.342 e. The molecule has 0 bridgehead atoms. The summed E-state index contributed by atoms with van der Waals surface area (Å²) >= 11 is 9.40. The topological polar surface area (TPSA) is 58.6 Å². The molecule has 0 saturated heterocycles. The van der Waals surface area contributed by atoms with Crippen LogP contribution in [0.25, 0.3) is 20.8 Å². The molecule has 1 aliphatic rings. The Balaban J connectivity index is 1.90. The van der Waals surface area contributed by atoms with Gasteiger partial charge < -0.3 is 10.6 Å². The van der Waals surface area contributed by atoms with Crippen LogP contribution in [0.5, 0.6) is 0 Å². The Morgan fingerprint density at radius 3 is 3.09 bits per heavy atom. The minimum absolute atomic E-state index is 0.0435. The number of fused-ring (bicyclic) bond motifs is 2. The van der Waals surface area contributed by atoms with Gasteiger partial charge in [0.2, 0.25) is 5.91 Å². The van der Waals surface area contributed by atoms with Gasteiger partial charge in [0.05, 0.1) is 21.6 Å². The van der Waals surface area contributed by atoms with Crippen LogP contribution in [0.2, 0.25) is 5.02 Å². The first-order valence-electron chi connectivity index (χ1n) is 7.42. The second kappa shape index (κ2) is 5.87. The van der Waals surface area contributed by atoms with Crippen LogP contribution in [-0.2, 0) is 17.8 Å². The van der Waals surface area contributed by atoms with E-state index in [0.717, 1.165) is 45.3 Å². The smallest absolute Gasteiger partial charge is 0.221 e. The lowest BCUT2D eigenvalue weighted by atomic mass is 10.0. The van der Waals surface area contributed by atoms with E-state index in [1.54, 1.807) is 29.6 Å². The van der Waals surface area contributed by atoms with Gasteiger partial charge in [0, 0.05) is 23.9 Å². The quantitative estimate of drug-likeness (QED) is 0.733. The van der Waals surface area contributed by atoms with Gasteiger partial charge in [0.15, 0.2) is 0 Å². The van der Waals surface area contributed by atoms with Crippen molar-refractivity contribution in [1.29, 1.82) is 0 Å². The van der Waals surface area contributed by atoms with Gasteiger partial charge in [-0.2, -0.15) is 0 Å². The summed E-state index contributed by atoms with van der Waals surface area (Å²) in [6, 6.07) is 5.78. The number of nitrogens with two attached hydrogens (primary N) is 1. The number of anilines is 1. The molecule has 23 heavy (non-hydrogen) atoms. The number of thiophene rings is 1. The molecule has 1 aliphatic heterocycles. The summed E-state index contributed by atoms with van der Waals surface area (Å²) in [7, 11) is 0. The molecule has 7 heteroatoms. The molecule has 3 N–H and O–H groups in total. The summed E-state index contributed by atoms with van der Waals surface area (Å²) in [5.41, 5.74) is 3.35. The van der Waals surface area contributed by atoms with Crippen molar-refractivity contribution < 1.29 is 10.1 Å². The number of carbonyl (C=O) groups is 1. The van der Waals surface area contributed by atoms with Crippen LogP contribution < -0.4 is 10.6 Å². The molecule has 1 amide bonds. The average Bonchev–Trinajstić information content (AvgIpc) is 3.05. The number of hydrogen-bond acceptors (Lipinski definition) is 4. The van der Waals surface area contributed by atoms with Gasteiger partial charge in [0.25, 0.3) is 0 Å². The van der Waals surface area contributed by atoms with Crippen molar-refractivity contribution in [2.45, 2.75) is 19.9 Å². The molecular formula is C16H15ClN3OS2+. The Morgan fingerprint density at radius 1 is 1.39 bits per heavy atom. The molecule has 3 aromatic rings. The van der Waals surface area contributed by atoms with Gasteiger partial charge in [-0.05, 0) is 23.8 Å². The molecule has 2 aromatic heterocycles. The molecule has 3 heterocycles. The predicted molar refractivity (Wildman–Crippen MR) is 96.4 cm³/mol. The van der Waals surface area contributed by atoms with Crippen molar-refractivity contribution >= 4 is 55.4 Å². The zero-order chi connectivity index (χ0) is 16.0. The summed E-state index contributed by atoms with van der Waals surface area (Å²) in [6.45, 7) is 3.60. The van der Waals surface area contributed by atoms with E-state index >= 15 is 0 Å². The first-order chi connectivity index (χ1) is 11.1. The number of aromatic nitrogens is 1. The third-order valence-electron chi connectivity index (χ3n) is 3.87. The summed E-state index contributed by atoms with van der Waals surface area (Å²) in [5.74, 6) is -0.0435. The zero-order valence-corrected chi connectivity index (χ0v) is 14.9. The maximum absolute atomic E-state index is 11.6. The predicted octanol–water partition coefficient (Wildman–Crippen LogP) is 3.26. The number of halogens is 1. The number of benzene rings is 1. The fraction of sp³-hybridized carbons (Fsp3) is 0.250. The molecule has 0 saturated carbocycles. The maximum atomic E-state index is 11.6. The number of carbonyl (C=O) groups excluding carboxylic acids is 1. The van der Waals surface area contributed by atoms with E-state index in [1.807, 2.05) is 18.2 Å². The van der Waals surface area contributed by atoms with Crippen LogP contribution in [0.15, 0.2) is 18.2 Å². The Morgan fingerprint density at radius 2 is 2.26 bits per heavy atom. The number of quaternary nitrogens is 1. The summed E-state index contributed by atoms with van der Waals surface area (Å²) in [6.07, 6.45) is 1.01. The van der Waals surface area contributed by atoms with Crippen molar-refractivity contribution in [2.75, 3.05) is 11.9 Å². The molecular weight excluding hydrogens is 350 g/mol. The Labute approximate surface area is 146 Å². The summed E-state index contributed by atoms with van der Waals surface area (Å²) < 4.78 is 1.11. The number of hydrogen-bond donors (Lipinski definition) is 2. The summed E-state index contributed by atoms with van der Waals surface area (Å²) in [5, 5.41) is 7.87. The average molecular weight is 365 g/mol. The Hall–Kier alpha value is -1.47. The molecule has 118 valence electrons. The van der Waals surface area contributed by atoms with E-state index < -0.39 is 0 Å². The van der Waals surface area contributed by atoms with E-state index in [0.29, 0.717) is 5.02 Å². The highest BCUT2D eigenvalue weighted by molar-refractivity contribution is 7.22. The van der Waals surface area contributed by atoms with Gasteiger partial charge in [-0.15, -0.1) is 22.7 Å². The number of nitrogens with zero attached hydrogens (tertiary/aromatic N) is 1. The van der Waals surface area contributed by atoms with Gasteiger partial charge in [-0.1, -0.05) is 11.6 Å². The molecule has 0 spiro atoms. The number of nitrogens with one attached hydrogen (secondary N) is 1. The van der Waals surface area contributed by atoms with E-state index in [4.69, 9.17) is 16.6 Å². The monoisotopic (exact) mass is 364 g/mol. The van der Waals surface area contributed by atoms with E-state index in [2.05, 4.69) is 10.6 Å². The molecule has 0 unspecified atom stereocenters. The Kier molecular flexibility index (Phi) is 3.85. The molecule has 4 nitrogen and oxygen atoms in total. The third-order valence-corrected chi connectivity index (χ3v) is 6.33. The van der Waals surface area contributed by atoms with E-state index in [1.165, 1.54) is 10.4 Å². The molecule has 0 atom stereocenters. The van der Waals surface area contributed by atoms with Crippen molar-refractivity contribution in [1.82, 2.24) is 4.98 Å². The minimum Gasteiger partial charge on any atom is -0.342 e. The van der Waals surface area contributed by atoms with Gasteiger partial charge in [-0.25, -0.2) is 4.98 Å². The van der Waals surface area contributed by atoms with Crippen molar-refractivity contribution in [2.24, 2.45) is 0 Å². The molecule has 0 fully saturated rings. The van der Waals surface area contributed by atoms with Crippen molar-refractivity contribution in [3.8, 4) is 10.6 Å². The van der Waals surface area contributed by atoms with Crippen LogP contribution in [-0.4, -0.2) is 17.4 Å². The van der Waals surface area contributed by atoms with Crippen LogP contribution in [0.1, 0.15) is 17.4 Å². The first kappa shape index (κ1) is 15.1. The minimum atomic E-state index is -0.0435. The fourth-order valence-corrected chi connectivity index (χ4v) is 5.45. The highest BCUT2D eigenvalue weighted by Gasteiger charge is 2.26. The fourth-order valence-electron chi connectivity index (χ4n) is 2.90. The lowest BCUT2D eigenvalue weighted by molar-refractivity contribution is -0.672. The van der Waals surface area contributed by atoms with Gasteiger partial charge >= 0.3 is 0 Å².